The number of hydrogen-bond donors (Lipinski definition) is 2. The second-order valence-corrected chi connectivity index (χ2v) is 5.62. The first-order valence-corrected chi connectivity index (χ1v) is 7.46. The number of carbonyl (C=O) groups excluding carboxylic acids is 1. The monoisotopic (exact) mass is 286 g/mol. The van der Waals surface area contributed by atoms with E-state index in [-0.39, 0.29) is 11.8 Å². The van der Waals surface area contributed by atoms with E-state index in [1.165, 1.54) is 10.5 Å². The van der Waals surface area contributed by atoms with Crippen LogP contribution in [0.25, 0.3) is 0 Å². The second-order valence-electron chi connectivity index (χ2n) is 4.57. The molecule has 2 aromatic carbocycles. The molecule has 2 aromatic rings. The molecular formula is C16H18N2OS. The normalized spacial score (nSPS) is 11.9. The van der Waals surface area contributed by atoms with Crippen LogP contribution in [0.4, 0.5) is 0 Å². The van der Waals surface area contributed by atoms with E-state index < -0.39 is 0 Å². The summed E-state index contributed by atoms with van der Waals surface area (Å²) >= 11 is 1.80. The quantitative estimate of drug-likeness (QED) is 0.384. The van der Waals surface area contributed by atoms with Gasteiger partial charge in [0.1, 0.15) is 0 Å². The molecule has 0 aliphatic carbocycles. The van der Waals surface area contributed by atoms with E-state index in [4.69, 9.17) is 5.84 Å². The molecule has 0 spiro atoms. The minimum atomic E-state index is -0.226. The second kappa shape index (κ2) is 7.12. The van der Waals surface area contributed by atoms with Crippen molar-refractivity contribution in [2.45, 2.75) is 23.5 Å². The minimum Gasteiger partial charge on any atom is -0.294 e. The lowest BCUT2D eigenvalue weighted by atomic mass is 9.99. The van der Waals surface area contributed by atoms with Crippen molar-refractivity contribution in [2.24, 2.45) is 5.84 Å². The van der Waals surface area contributed by atoms with Gasteiger partial charge in [0.05, 0.1) is 5.92 Å². The molecule has 1 unspecified atom stereocenters. The molecule has 2 rings (SSSR count). The third-order valence-electron chi connectivity index (χ3n) is 3.16. The molecule has 0 saturated heterocycles. The summed E-state index contributed by atoms with van der Waals surface area (Å²) in [6.07, 6.45) is 0. The maximum Gasteiger partial charge on any atom is 0.241 e. The zero-order valence-electron chi connectivity index (χ0n) is 11.4. The fraction of sp³-hybridized carbons (Fsp3) is 0.188. The number of nitrogens with two attached hydrogens (primary N) is 1. The first kappa shape index (κ1) is 14.6. The first-order valence-electron chi connectivity index (χ1n) is 6.48. The Bertz CT molecular complexity index is 554. The lowest BCUT2D eigenvalue weighted by Gasteiger charge is -2.10. The van der Waals surface area contributed by atoms with Gasteiger partial charge in [0.2, 0.25) is 5.91 Å². The average molecular weight is 286 g/mol. The van der Waals surface area contributed by atoms with Crippen LogP contribution in [0.3, 0.4) is 0 Å². The Morgan fingerprint density at radius 2 is 1.80 bits per heavy atom. The Morgan fingerprint density at radius 3 is 2.40 bits per heavy atom. The number of hydrogen-bond acceptors (Lipinski definition) is 3. The molecule has 0 heterocycles. The number of thioether (sulfide) groups is 1. The zero-order chi connectivity index (χ0) is 14.4. The van der Waals surface area contributed by atoms with Crippen LogP contribution in [0.1, 0.15) is 24.0 Å². The average Bonchev–Trinajstić information content (AvgIpc) is 2.53. The van der Waals surface area contributed by atoms with Crippen LogP contribution >= 0.6 is 11.8 Å². The van der Waals surface area contributed by atoms with Crippen molar-refractivity contribution < 1.29 is 4.79 Å². The number of nitrogens with one attached hydrogen (secondary N) is 1. The van der Waals surface area contributed by atoms with E-state index in [0.717, 1.165) is 11.3 Å². The van der Waals surface area contributed by atoms with Crippen molar-refractivity contribution in [3.63, 3.8) is 0 Å². The molecule has 0 fully saturated rings. The van der Waals surface area contributed by atoms with Crippen LogP contribution < -0.4 is 11.3 Å². The topological polar surface area (TPSA) is 55.1 Å². The molecule has 0 aliphatic rings. The molecule has 20 heavy (non-hydrogen) atoms. The van der Waals surface area contributed by atoms with Crippen molar-refractivity contribution in [2.75, 3.05) is 0 Å². The van der Waals surface area contributed by atoms with Gasteiger partial charge in [0.15, 0.2) is 0 Å². The van der Waals surface area contributed by atoms with Crippen LogP contribution in [0, 0.1) is 0 Å². The van der Waals surface area contributed by atoms with E-state index in [2.05, 4.69) is 29.7 Å². The predicted molar refractivity (Wildman–Crippen MR) is 83.2 cm³/mol. The summed E-state index contributed by atoms with van der Waals surface area (Å²) in [5, 5.41) is 0. The lowest BCUT2D eigenvalue weighted by Crippen LogP contribution is -2.33. The Morgan fingerprint density at radius 1 is 1.15 bits per heavy atom. The van der Waals surface area contributed by atoms with Gasteiger partial charge in [-0.3, -0.25) is 10.2 Å². The molecule has 1 amide bonds. The summed E-state index contributed by atoms with van der Waals surface area (Å²) in [6, 6.07) is 18.4. The Labute approximate surface area is 123 Å². The summed E-state index contributed by atoms with van der Waals surface area (Å²) < 4.78 is 0. The molecular weight excluding hydrogens is 268 g/mol. The summed E-state index contributed by atoms with van der Waals surface area (Å²) in [5.41, 5.74) is 4.39. The first-order chi connectivity index (χ1) is 9.70. The van der Waals surface area contributed by atoms with Crippen LogP contribution in [0.5, 0.6) is 0 Å². The molecule has 1 atom stereocenters. The highest BCUT2D eigenvalue weighted by atomic mass is 32.2. The van der Waals surface area contributed by atoms with Gasteiger partial charge >= 0.3 is 0 Å². The molecule has 0 aliphatic heterocycles. The smallest absolute Gasteiger partial charge is 0.241 e. The number of rotatable bonds is 5. The summed E-state index contributed by atoms with van der Waals surface area (Å²) in [7, 11) is 0. The van der Waals surface area contributed by atoms with Crippen molar-refractivity contribution in [3.05, 3.63) is 65.7 Å². The van der Waals surface area contributed by atoms with Crippen molar-refractivity contribution in [1.82, 2.24) is 5.43 Å². The standard InChI is InChI=1S/C16H18N2OS/c1-12(16(19)18-17)14-9-7-13(8-10-14)11-20-15-5-3-2-4-6-15/h2-10,12H,11,17H2,1H3,(H,18,19). The summed E-state index contributed by atoms with van der Waals surface area (Å²) in [6.45, 7) is 1.84. The summed E-state index contributed by atoms with van der Waals surface area (Å²) in [5.74, 6) is 5.67. The number of carbonyl (C=O) groups is 1. The maximum atomic E-state index is 11.5. The number of benzene rings is 2. The minimum absolute atomic E-state index is 0.170. The van der Waals surface area contributed by atoms with E-state index in [1.54, 1.807) is 11.8 Å². The van der Waals surface area contributed by atoms with Crippen molar-refractivity contribution in [3.8, 4) is 0 Å². The van der Waals surface area contributed by atoms with Gasteiger partial charge in [-0.15, -0.1) is 11.8 Å². The van der Waals surface area contributed by atoms with E-state index >= 15 is 0 Å². The van der Waals surface area contributed by atoms with Crippen LogP contribution in [-0.2, 0) is 10.5 Å². The number of amides is 1. The Balaban J connectivity index is 1.96. The van der Waals surface area contributed by atoms with Crippen LogP contribution in [-0.4, -0.2) is 5.91 Å². The van der Waals surface area contributed by atoms with Crippen molar-refractivity contribution >= 4 is 17.7 Å². The van der Waals surface area contributed by atoms with Gasteiger partial charge in [0.25, 0.3) is 0 Å². The highest BCUT2D eigenvalue weighted by Gasteiger charge is 2.13. The molecule has 0 saturated carbocycles. The Kier molecular flexibility index (Phi) is 5.21. The van der Waals surface area contributed by atoms with Gasteiger partial charge in [-0.1, -0.05) is 42.5 Å². The zero-order valence-corrected chi connectivity index (χ0v) is 12.2. The molecule has 0 radical (unpaired) electrons. The third-order valence-corrected chi connectivity index (χ3v) is 4.25. The van der Waals surface area contributed by atoms with Gasteiger partial charge in [-0.2, -0.15) is 0 Å². The van der Waals surface area contributed by atoms with Crippen molar-refractivity contribution in [1.29, 1.82) is 0 Å². The molecule has 104 valence electrons. The fourth-order valence-corrected chi connectivity index (χ4v) is 2.74. The third kappa shape index (κ3) is 3.85. The summed E-state index contributed by atoms with van der Waals surface area (Å²) in [4.78, 5) is 12.7. The van der Waals surface area contributed by atoms with Crippen LogP contribution in [0.15, 0.2) is 59.5 Å². The molecule has 0 aromatic heterocycles. The lowest BCUT2D eigenvalue weighted by molar-refractivity contribution is -0.122. The van der Waals surface area contributed by atoms with E-state index in [9.17, 15) is 4.79 Å². The molecule has 3 nitrogen and oxygen atoms in total. The van der Waals surface area contributed by atoms with E-state index in [1.807, 2.05) is 37.3 Å². The van der Waals surface area contributed by atoms with Gasteiger partial charge in [-0.05, 0) is 30.2 Å². The molecule has 4 heteroatoms. The largest absolute Gasteiger partial charge is 0.294 e. The molecule has 0 bridgehead atoms. The highest BCUT2D eigenvalue weighted by molar-refractivity contribution is 7.98. The van der Waals surface area contributed by atoms with Gasteiger partial charge < -0.3 is 0 Å². The van der Waals surface area contributed by atoms with E-state index in [0.29, 0.717) is 0 Å². The maximum absolute atomic E-state index is 11.5. The SMILES string of the molecule is CC(C(=O)NN)c1ccc(CSc2ccccc2)cc1. The predicted octanol–water partition coefficient (Wildman–Crippen LogP) is 3.07. The Hall–Kier alpha value is -1.78. The number of hydrazine groups is 1. The van der Waals surface area contributed by atoms with Gasteiger partial charge in [-0.25, -0.2) is 5.84 Å². The van der Waals surface area contributed by atoms with Crippen LogP contribution in [0.2, 0.25) is 0 Å². The van der Waals surface area contributed by atoms with Gasteiger partial charge in [0, 0.05) is 10.6 Å². The molecule has 3 N–H and O–H groups in total. The highest BCUT2D eigenvalue weighted by Crippen LogP contribution is 2.23. The fourth-order valence-electron chi connectivity index (χ4n) is 1.86.